The SMILES string of the molecule is O=C(CCCl)Nc1ccc(C(=O)O)c(O)c1. The van der Waals surface area contributed by atoms with Crippen LogP contribution in [0, 0.1) is 0 Å². The Morgan fingerprint density at radius 2 is 2.06 bits per heavy atom. The van der Waals surface area contributed by atoms with Crippen LogP contribution in [-0.4, -0.2) is 28.0 Å². The first kappa shape index (κ1) is 12.3. The molecule has 0 saturated carbocycles. The maximum absolute atomic E-state index is 11.1. The molecule has 1 amide bonds. The number of rotatable bonds is 4. The number of aromatic hydroxyl groups is 1. The predicted molar refractivity (Wildman–Crippen MR) is 59.0 cm³/mol. The molecular weight excluding hydrogens is 234 g/mol. The molecule has 0 atom stereocenters. The second-order valence-corrected chi connectivity index (χ2v) is 3.40. The molecule has 86 valence electrons. The minimum Gasteiger partial charge on any atom is -0.507 e. The molecule has 6 heteroatoms. The zero-order valence-electron chi connectivity index (χ0n) is 8.24. The molecule has 1 rings (SSSR count). The van der Waals surface area contributed by atoms with Gasteiger partial charge in [0.1, 0.15) is 11.3 Å². The van der Waals surface area contributed by atoms with E-state index in [2.05, 4.69) is 5.32 Å². The minimum atomic E-state index is -1.23. The van der Waals surface area contributed by atoms with Gasteiger partial charge in [0.05, 0.1) is 0 Å². The van der Waals surface area contributed by atoms with Crippen LogP contribution >= 0.6 is 11.6 Å². The van der Waals surface area contributed by atoms with Crippen molar-refractivity contribution in [1.29, 1.82) is 0 Å². The molecule has 0 fully saturated rings. The Balaban J connectivity index is 2.81. The number of carbonyl (C=O) groups excluding carboxylic acids is 1. The van der Waals surface area contributed by atoms with Gasteiger partial charge in [-0.05, 0) is 12.1 Å². The Hall–Kier alpha value is -1.75. The fourth-order valence-electron chi connectivity index (χ4n) is 1.10. The smallest absolute Gasteiger partial charge is 0.339 e. The summed E-state index contributed by atoms with van der Waals surface area (Å²) in [4.78, 5) is 21.7. The molecule has 0 aliphatic rings. The van der Waals surface area contributed by atoms with Crippen molar-refractivity contribution in [2.75, 3.05) is 11.2 Å². The van der Waals surface area contributed by atoms with Crippen molar-refractivity contribution in [2.24, 2.45) is 0 Å². The first-order valence-corrected chi connectivity index (χ1v) is 5.00. The second-order valence-electron chi connectivity index (χ2n) is 3.02. The summed E-state index contributed by atoms with van der Waals surface area (Å²) in [5, 5.41) is 20.5. The Morgan fingerprint density at radius 1 is 1.38 bits per heavy atom. The van der Waals surface area contributed by atoms with E-state index in [4.69, 9.17) is 16.7 Å². The summed E-state index contributed by atoms with van der Waals surface area (Å²) in [6.07, 6.45) is 0.156. The molecule has 1 aromatic rings. The molecule has 0 aliphatic heterocycles. The van der Waals surface area contributed by atoms with Crippen LogP contribution in [0.2, 0.25) is 0 Å². The van der Waals surface area contributed by atoms with Crippen molar-refractivity contribution in [3.63, 3.8) is 0 Å². The number of amides is 1. The molecule has 5 nitrogen and oxygen atoms in total. The van der Waals surface area contributed by atoms with Crippen LogP contribution in [0.4, 0.5) is 5.69 Å². The van der Waals surface area contributed by atoms with Crippen LogP contribution < -0.4 is 5.32 Å². The molecule has 0 aromatic heterocycles. The number of anilines is 1. The van der Waals surface area contributed by atoms with Crippen LogP contribution in [0.5, 0.6) is 5.75 Å². The van der Waals surface area contributed by atoms with Gasteiger partial charge in [-0.3, -0.25) is 4.79 Å². The molecule has 0 unspecified atom stereocenters. The first-order chi connectivity index (χ1) is 7.54. The summed E-state index contributed by atoms with van der Waals surface area (Å²) in [5.74, 6) is -1.71. The Labute approximate surface area is 96.7 Å². The standard InChI is InChI=1S/C10H10ClNO4/c11-4-3-9(14)12-6-1-2-7(10(15)16)8(13)5-6/h1-2,5,13H,3-4H2,(H,12,14)(H,15,16). The number of carboxylic acids is 1. The monoisotopic (exact) mass is 243 g/mol. The van der Waals surface area contributed by atoms with Gasteiger partial charge in [0, 0.05) is 24.1 Å². The summed E-state index contributed by atoms with van der Waals surface area (Å²) < 4.78 is 0. The van der Waals surface area contributed by atoms with E-state index in [-0.39, 0.29) is 23.8 Å². The molecule has 16 heavy (non-hydrogen) atoms. The number of aromatic carboxylic acids is 1. The predicted octanol–water partition coefficient (Wildman–Crippen LogP) is 1.66. The number of phenols is 1. The lowest BCUT2D eigenvalue weighted by molar-refractivity contribution is -0.115. The third-order valence-corrected chi connectivity index (χ3v) is 2.02. The zero-order valence-corrected chi connectivity index (χ0v) is 8.99. The molecule has 0 heterocycles. The van der Waals surface area contributed by atoms with E-state index in [1.54, 1.807) is 0 Å². The highest BCUT2D eigenvalue weighted by molar-refractivity contribution is 6.19. The summed E-state index contributed by atoms with van der Waals surface area (Å²) >= 11 is 5.37. The second kappa shape index (κ2) is 5.37. The highest BCUT2D eigenvalue weighted by atomic mass is 35.5. The molecule has 0 saturated heterocycles. The molecule has 0 spiro atoms. The van der Waals surface area contributed by atoms with Gasteiger partial charge in [-0.1, -0.05) is 0 Å². The van der Waals surface area contributed by atoms with Crippen molar-refractivity contribution < 1.29 is 19.8 Å². The molecule has 0 radical (unpaired) electrons. The van der Waals surface area contributed by atoms with E-state index >= 15 is 0 Å². The summed E-state index contributed by atoms with van der Waals surface area (Å²) in [6.45, 7) is 0. The van der Waals surface area contributed by atoms with Crippen molar-refractivity contribution >= 4 is 29.2 Å². The first-order valence-electron chi connectivity index (χ1n) is 4.46. The fraction of sp³-hybridized carbons (Fsp3) is 0.200. The molecule has 3 N–H and O–H groups in total. The van der Waals surface area contributed by atoms with Gasteiger partial charge in [0.25, 0.3) is 0 Å². The van der Waals surface area contributed by atoms with E-state index < -0.39 is 11.7 Å². The van der Waals surface area contributed by atoms with Crippen LogP contribution in [0.15, 0.2) is 18.2 Å². The molecule has 0 aliphatic carbocycles. The lowest BCUT2D eigenvalue weighted by Crippen LogP contribution is -2.11. The van der Waals surface area contributed by atoms with Crippen molar-refractivity contribution in [1.82, 2.24) is 0 Å². The summed E-state index contributed by atoms with van der Waals surface area (Å²) in [7, 11) is 0. The fourth-order valence-corrected chi connectivity index (χ4v) is 1.27. The van der Waals surface area contributed by atoms with Crippen LogP contribution in [0.1, 0.15) is 16.8 Å². The van der Waals surface area contributed by atoms with Crippen LogP contribution in [0.25, 0.3) is 0 Å². The highest BCUT2D eigenvalue weighted by Crippen LogP contribution is 2.21. The van der Waals surface area contributed by atoms with Crippen molar-refractivity contribution in [2.45, 2.75) is 6.42 Å². The van der Waals surface area contributed by atoms with Gasteiger partial charge in [0.15, 0.2) is 0 Å². The third kappa shape index (κ3) is 3.13. The van der Waals surface area contributed by atoms with E-state index in [0.717, 1.165) is 0 Å². The van der Waals surface area contributed by atoms with Crippen LogP contribution in [-0.2, 0) is 4.79 Å². The van der Waals surface area contributed by atoms with Gasteiger partial charge in [-0.15, -0.1) is 11.6 Å². The number of hydrogen-bond donors (Lipinski definition) is 3. The maximum Gasteiger partial charge on any atom is 0.339 e. The summed E-state index contributed by atoms with van der Waals surface area (Å²) in [5.41, 5.74) is 0.118. The molecule has 0 bridgehead atoms. The quantitative estimate of drug-likeness (QED) is 0.702. The Kier molecular flexibility index (Phi) is 4.13. The van der Waals surface area contributed by atoms with E-state index in [0.29, 0.717) is 5.69 Å². The minimum absolute atomic E-state index is 0.156. The topological polar surface area (TPSA) is 86.6 Å². The number of alkyl halides is 1. The average Bonchev–Trinajstić information content (AvgIpc) is 2.17. The van der Waals surface area contributed by atoms with Gasteiger partial charge in [-0.25, -0.2) is 4.79 Å². The number of carbonyl (C=O) groups is 2. The number of carboxylic acid groups (broad SMARTS) is 1. The maximum atomic E-state index is 11.1. The van der Waals surface area contributed by atoms with Gasteiger partial charge in [-0.2, -0.15) is 0 Å². The number of nitrogens with one attached hydrogen (secondary N) is 1. The normalized spacial score (nSPS) is 9.81. The lowest BCUT2D eigenvalue weighted by Gasteiger charge is -2.05. The third-order valence-electron chi connectivity index (χ3n) is 1.83. The zero-order chi connectivity index (χ0) is 12.1. The number of halogens is 1. The van der Waals surface area contributed by atoms with Crippen LogP contribution in [0.3, 0.4) is 0 Å². The van der Waals surface area contributed by atoms with E-state index in [1.165, 1.54) is 18.2 Å². The van der Waals surface area contributed by atoms with E-state index in [9.17, 15) is 14.7 Å². The molecular formula is C10H10ClNO4. The van der Waals surface area contributed by atoms with Gasteiger partial charge >= 0.3 is 5.97 Å². The van der Waals surface area contributed by atoms with E-state index in [1.807, 2.05) is 0 Å². The Bertz CT molecular complexity index is 419. The highest BCUT2D eigenvalue weighted by Gasteiger charge is 2.10. The number of benzene rings is 1. The van der Waals surface area contributed by atoms with Crippen molar-refractivity contribution in [3.8, 4) is 5.75 Å². The van der Waals surface area contributed by atoms with Gasteiger partial charge < -0.3 is 15.5 Å². The van der Waals surface area contributed by atoms with Gasteiger partial charge in [0.2, 0.25) is 5.91 Å². The Morgan fingerprint density at radius 3 is 2.56 bits per heavy atom. The lowest BCUT2D eigenvalue weighted by atomic mass is 10.2. The largest absolute Gasteiger partial charge is 0.507 e. The summed E-state index contributed by atoms with van der Waals surface area (Å²) in [6, 6.07) is 3.79. The van der Waals surface area contributed by atoms with Crippen molar-refractivity contribution in [3.05, 3.63) is 23.8 Å². The molecule has 1 aromatic carbocycles. The average molecular weight is 244 g/mol. The number of hydrogen-bond acceptors (Lipinski definition) is 3.